The topological polar surface area (TPSA) is 68.4 Å². The fourth-order valence-corrected chi connectivity index (χ4v) is 5.32. The Balaban J connectivity index is 1.35. The number of fused-ring (bicyclic) bond motifs is 1. The molecule has 0 radical (unpaired) electrons. The molecule has 2 fully saturated rings. The van der Waals surface area contributed by atoms with Gasteiger partial charge in [0, 0.05) is 41.7 Å². The summed E-state index contributed by atoms with van der Waals surface area (Å²) in [5, 5.41) is 14.7. The first-order valence-electron chi connectivity index (χ1n) is 13.1. The fraction of sp³-hybridized carbons (Fsp3) is 0.323. The number of ether oxygens (including phenoxy) is 3. The molecule has 0 atom stereocenters. The van der Waals surface area contributed by atoms with Crippen LogP contribution in [0.2, 0.25) is 0 Å². The molecule has 1 aliphatic carbocycles. The van der Waals surface area contributed by atoms with Gasteiger partial charge >= 0.3 is 0 Å². The van der Waals surface area contributed by atoms with E-state index in [0.29, 0.717) is 6.04 Å². The van der Waals surface area contributed by atoms with Gasteiger partial charge in [0.2, 0.25) is 0 Å². The summed E-state index contributed by atoms with van der Waals surface area (Å²) in [6.45, 7) is 1.49. The number of hydrogen-bond donors (Lipinski definition) is 1. The van der Waals surface area contributed by atoms with Crippen LogP contribution in [0.15, 0.2) is 66.7 Å². The number of methoxy groups -OCH3 is 1. The van der Waals surface area contributed by atoms with E-state index >= 15 is 0 Å². The molecule has 6 rings (SSSR count). The van der Waals surface area contributed by atoms with Crippen LogP contribution in [0.4, 0.5) is 11.4 Å². The second-order valence-corrected chi connectivity index (χ2v) is 9.83. The fourth-order valence-electron chi connectivity index (χ4n) is 5.32. The number of rotatable bonds is 7. The molecule has 2 heterocycles. The summed E-state index contributed by atoms with van der Waals surface area (Å²) in [6.07, 6.45) is 5.47. The lowest BCUT2D eigenvalue weighted by Crippen LogP contribution is -2.25. The number of nitriles is 1. The first-order chi connectivity index (χ1) is 18.2. The molecule has 1 aromatic heterocycles. The van der Waals surface area contributed by atoms with E-state index < -0.39 is 0 Å². The first kappa shape index (κ1) is 23.4. The third-order valence-corrected chi connectivity index (χ3v) is 7.54. The molecular formula is C31H31N3O3. The van der Waals surface area contributed by atoms with Crippen LogP contribution in [0.5, 0.6) is 11.5 Å². The SMILES string of the molecule is COc1ccc(Nc2ccc(-c3c(C#N)c4ccc(OC5CCOCC5)cc4n3C3CCC3)cc2)cc1. The van der Waals surface area contributed by atoms with Gasteiger partial charge in [-0.1, -0.05) is 12.1 Å². The number of anilines is 2. The van der Waals surface area contributed by atoms with Gasteiger partial charge in [-0.15, -0.1) is 0 Å². The van der Waals surface area contributed by atoms with E-state index in [-0.39, 0.29) is 6.10 Å². The molecule has 1 N–H and O–H groups in total. The van der Waals surface area contributed by atoms with Crippen molar-refractivity contribution in [2.45, 2.75) is 44.2 Å². The molecule has 4 aromatic rings. The van der Waals surface area contributed by atoms with Gasteiger partial charge in [0.1, 0.15) is 23.7 Å². The lowest BCUT2D eigenvalue weighted by atomic mass is 9.92. The maximum absolute atomic E-state index is 10.3. The van der Waals surface area contributed by atoms with Crippen molar-refractivity contribution in [2.24, 2.45) is 0 Å². The lowest BCUT2D eigenvalue weighted by Gasteiger charge is -2.30. The largest absolute Gasteiger partial charge is 0.497 e. The zero-order valence-corrected chi connectivity index (χ0v) is 21.1. The number of hydrogen-bond acceptors (Lipinski definition) is 5. The Morgan fingerprint density at radius 2 is 1.57 bits per heavy atom. The van der Waals surface area contributed by atoms with Gasteiger partial charge < -0.3 is 24.1 Å². The number of nitrogens with zero attached hydrogens (tertiary/aromatic N) is 2. The van der Waals surface area contributed by atoms with Gasteiger partial charge in [0.15, 0.2) is 0 Å². The average molecular weight is 494 g/mol. The van der Waals surface area contributed by atoms with Crippen LogP contribution in [-0.4, -0.2) is 31.0 Å². The van der Waals surface area contributed by atoms with E-state index in [1.54, 1.807) is 7.11 Å². The molecule has 0 bridgehead atoms. The number of benzene rings is 3. The molecule has 2 aliphatic rings. The average Bonchev–Trinajstić information content (AvgIpc) is 3.22. The van der Waals surface area contributed by atoms with Gasteiger partial charge in [0.25, 0.3) is 0 Å². The Morgan fingerprint density at radius 1 is 0.892 bits per heavy atom. The second-order valence-electron chi connectivity index (χ2n) is 9.83. The third kappa shape index (κ3) is 4.63. The van der Waals surface area contributed by atoms with Gasteiger partial charge in [-0.05, 0) is 73.4 Å². The van der Waals surface area contributed by atoms with Crippen molar-refractivity contribution >= 4 is 22.3 Å². The Morgan fingerprint density at radius 3 is 2.19 bits per heavy atom. The van der Waals surface area contributed by atoms with Crippen molar-refractivity contribution in [3.63, 3.8) is 0 Å². The smallest absolute Gasteiger partial charge is 0.121 e. The van der Waals surface area contributed by atoms with Crippen molar-refractivity contribution in [3.05, 3.63) is 72.3 Å². The normalized spacial score (nSPS) is 16.2. The molecule has 0 spiro atoms. The monoisotopic (exact) mass is 493 g/mol. The van der Waals surface area contributed by atoms with E-state index in [4.69, 9.17) is 14.2 Å². The molecule has 6 nitrogen and oxygen atoms in total. The van der Waals surface area contributed by atoms with Crippen LogP contribution in [-0.2, 0) is 4.74 Å². The Kier molecular flexibility index (Phi) is 6.46. The summed E-state index contributed by atoms with van der Waals surface area (Å²) in [6, 6.07) is 25.3. The summed E-state index contributed by atoms with van der Waals surface area (Å²) in [5.74, 6) is 1.70. The maximum atomic E-state index is 10.3. The minimum atomic E-state index is 0.180. The molecule has 0 unspecified atom stereocenters. The molecule has 1 aliphatic heterocycles. The highest BCUT2D eigenvalue weighted by molar-refractivity contribution is 5.95. The predicted molar refractivity (Wildman–Crippen MR) is 146 cm³/mol. The molecule has 188 valence electrons. The van der Waals surface area contributed by atoms with Crippen molar-refractivity contribution in [2.75, 3.05) is 25.6 Å². The zero-order chi connectivity index (χ0) is 25.2. The summed E-state index contributed by atoms with van der Waals surface area (Å²) >= 11 is 0. The van der Waals surface area contributed by atoms with Crippen LogP contribution >= 0.6 is 0 Å². The third-order valence-electron chi connectivity index (χ3n) is 7.54. The Labute approximate surface area is 217 Å². The van der Waals surface area contributed by atoms with E-state index in [2.05, 4.69) is 52.4 Å². The highest BCUT2D eigenvalue weighted by atomic mass is 16.5. The molecule has 6 heteroatoms. The van der Waals surface area contributed by atoms with Crippen molar-refractivity contribution in [1.29, 1.82) is 5.26 Å². The van der Waals surface area contributed by atoms with Gasteiger partial charge in [-0.3, -0.25) is 0 Å². The van der Waals surface area contributed by atoms with Crippen LogP contribution in [0.3, 0.4) is 0 Å². The van der Waals surface area contributed by atoms with Gasteiger partial charge in [-0.25, -0.2) is 0 Å². The number of nitrogens with one attached hydrogen (secondary N) is 1. The molecule has 37 heavy (non-hydrogen) atoms. The molecule has 1 saturated heterocycles. The number of aromatic nitrogens is 1. The quantitative estimate of drug-likeness (QED) is 0.294. The standard InChI is InChI=1S/C31H31N3O3/c1-35-25-11-9-23(10-12-25)33-22-7-5-21(6-8-22)31-29(20-32)28-14-13-27(37-26-15-17-36-18-16-26)19-30(28)34(31)24-3-2-4-24/h5-14,19,24,26,33H,2-4,15-18H2,1H3. The molecule has 1 saturated carbocycles. The van der Waals surface area contributed by atoms with Crippen LogP contribution < -0.4 is 14.8 Å². The van der Waals surface area contributed by atoms with E-state index in [0.717, 1.165) is 89.5 Å². The Hall–Kier alpha value is -3.95. The molecule has 3 aromatic carbocycles. The van der Waals surface area contributed by atoms with Crippen LogP contribution in [0.25, 0.3) is 22.2 Å². The van der Waals surface area contributed by atoms with Crippen molar-refractivity contribution in [1.82, 2.24) is 4.57 Å². The second kappa shape index (κ2) is 10.2. The summed E-state index contributed by atoms with van der Waals surface area (Å²) in [7, 11) is 1.67. The summed E-state index contributed by atoms with van der Waals surface area (Å²) in [4.78, 5) is 0. The first-order valence-corrected chi connectivity index (χ1v) is 13.1. The lowest BCUT2D eigenvalue weighted by molar-refractivity contribution is 0.0256. The Bertz CT molecular complexity index is 1420. The van der Waals surface area contributed by atoms with Crippen LogP contribution in [0, 0.1) is 11.3 Å². The van der Waals surface area contributed by atoms with E-state index in [9.17, 15) is 5.26 Å². The van der Waals surface area contributed by atoms with Crippen LogP contribution in [0.1, 0.15) is 43.7 Å². The van der Waals surface area contributed by atoms with Crippen molar-refractivity contribution in [3.8, 4) is 28.8 Å². The maximum Gasteiger partial charge on any atom is 0.121 e. The minimum Gasteiger partial charge on any atom is -0.497 e. The van der Waals surface area contributed by atoms with Gasteiger partial charge in [-0.2, -0.15) is 5.26 Å². The van der Waals surface area contributed by atoms with Crippen molar-refractivity contribution < 1.29 is 14.2 Å². The van der Waals surface area contributed by atoms with Gasteiger partial charge in [0.05, 0.1) is 37.1 Å². The zero-order valence-electron chi connectivity index (χ0n) is 21.1. The highest BCUT2D eigenvalue weighted by Crippen LogP contribution is 2.43. The predicted octanol–water partition coefficient (Wildman–Crippen LogP) is 7.21. The summed E-state index contributed by atoms with van der Waals surface area (Å²) < 4.78 is 19.5. The highest BCUT2D eigenvalue weighted by Gasteiger charge is 2.28. The summed E-state index contributed by atoms with van der Waals surface area (Å²) in [5.41, 5.74) is 5.85. The van der Waals surface area contributed by atoms with E-state index in [1.807, 2.05) is 30.3 Å². The molecular weight excluding hydrogens is 462 g/mol. The van der Waals surface area contributed by atoms with E-state index in [1.165, 1.54) is 6.42 Å². The molecule has 0 amide bonds. The minimum absolute atomic E-state index is 0.180.